The van der Waals surface area contributed by atoms with Crippen LogP contribution in [0.15, 0.2) is 30.6 Å². The fraction of sp³-hybridized carbons (Fsp3) is 0.458. The fourth-order valence-corrected chi connectivity index (χ4v) is 4.13. The summed E-state index contributed by atoms with van der Waals surface area (Å²) in [4.78, 5) is 12.9. The lowest BCUT2D eigenvalue weighted by Gasteiger charge is -2.34. The summed E-state index contributed by atoms with van der Waals surface area (Å²) in [6.07, 6.45) is -3.07. The van der Waals surface area contributed by atoms with Crippen LogP contribution in [0.25, 0.3) is 22.3 Å². The number of nitriles is 1. The molecule has 0 N–H and O–H groups in total. The van der Waals surface area contributed by atoms with Crippen LogP contribution in [-0.4, -0.2) is 83.9 Å². The molecule has 0 atom stereocenters. The first-order chi connectivity index (χ1) is 16.8. The van der Waals surface area contributed by atoms with Crippen molar-refractivity contribution in [1.82, 2.24) is 24.3 Å². The monoisotopic (exact) mass is 488 g/mol. The van der Waals surface area contributed by atoms with Gasteiger partial charge in [0.1, 0.15) is 23.9 Å². The van der Waals surface area contributed by atoms with E-state index in [-0.39, 0.29) is 29.3 Å². The molecule has 4 rings (SSSR count). The molecule has 35 heavy (non-hydrogen) atoms. The fourth-order valence-electron chi connectivity index (χ4n) is 4.13. The molecule has 0 aliphatic carbocycles. The average Bonchev–Trinajstić information content (AvgIpc) is 3.23. The Balaban J connectivity index is 1.48. The maximum atomic E-state index is 13.9. The number of benzene rings is 1. The molecule has 1 aliphatic rings. The second kappa shape index (κ2) is 10.6. The number of rotatable bonds is 8. The minimum Gasteiger partial charge on any atom is -0.492 e. The number of pyridine rings is 1. The topological polar surface area (TPSA) is 79.4 Å². The maximum absolute atomic E-state index is 13.9. The van der Waals surface area contributed by atoms with Crippen LogP contribution in [0.4, 0.5) is 13.2 Å². The van der Waals surface area contributed by atoms with Crippen molar-refractivity contribution in [2.24, 2.45) is 7.05 Å². The van der Waals surface area contributed by atoms with E-state index in [1.54, 1.807) is 24.8 Å². The summed E-state index contributed by atoms with van der Waals surface area (Å²) in [7, 11) is 3.42. The number of piperazine rings is 1. The van der Waals surface area contributed by atoms with Crippen molar-refractivity contribution >= 4 is 11.0 Å². The van der Waals surface area contributed by atoms with Crippen LogP contribution in [0.3, 0.4) is 0 Å². The van der Waals surface area contributed by atoms with E-state index in [1.165, 1.54) is 18.5 Å². The number of imidazole rings is 1. The summed E-state index contributed by atoms with van der Waals surface area (Å²) in [5.41, 5.74) is 0.730. The minimum absolute atomic E-state index is 0.0642. The quantitative estimate of drug-likeness (QED) is 0.482. The van der Waals surface area contributed by atoms with Crippen LogP contribution in [-0.2, 0) is 18.0 Å². The van der Waals surface area contributed by atoms with E-state index in [4.69, 9.17) is 9.47 Å². The predicted octanol–water partition coefficient (Wildman–Crippen LogP) is 3.17. The van der Waals surface area contributed by atoms with Gasteiger partial charge in [0.15, 0.2) is 5.69 Å². The van der Waals surface area contributed by atoms with Crippen molar-refractivity contribution in [2.45, 2.75) is 6.18 Å². The highest BCUT2D eigenvalue weighted by Crippen LogP contribution is 2.39. The van der Waals surface area contributed by atoms with Crippen LogP contribution in [0.1, 0.15) is 11.3 Å². The van der Waals surface area contributed by atoms with E-state index in [9.17, 15) is 18.4 Å². The second-order valence-corrected chi connectivity index (χ2v) is 8.42. The Morgan fingerprint density at radius 3 is 2.37 bits per heavy atom. The third-order valence-electron chi connectivity index (χ3n) is 6.14. The molecule has 0 bridgehead atoms. The van der Waals surface area contributed by atoms with Gasteiger partial charge in [0.2, 0.25) is 0 Å². The smallest absolute Gasteiger partial charge is 0.419 e. The molecular formula is C24H27F3N6O2. The van der Waals surface area contributed by atoms with Gasteiger partial charge in [0.05, 0.1) is 29.7 Å². The summed E-state index contributed by atoms with van der Waals surface area (Å²) in [6, 6.07) is 7.48. The number of alkyl halides is 3. The lowest BCUT2D eigenvalue weighted by molar-refractivity contribution is -0.138. The largest absolute Gasteiger partial charge is 0.492 e. The third-order valence-corrected chi connectivity index (χ3v) is 6.14. The average molecular weight is 489 g/mol. The summed E-state index contributed by atoms with van der Waals surface area (Å²) in [6.45, 7) is 5.71. The van der Waals surface area contributed by atoms with Gasteiger partial charge in [0.25, 0.3) is 0 Å². The van der Waals surface area contributed by atoms with E-state index in [1.807, 2.05) is 6.07 Å². The van der Waals surface area contributed by atoms with Crippen molar-refractivity contribution in [1.29, 1.82) is 5.26 Å². The molecule has 0 radical (unpaired) electrons. The van der Waals surface area contributed by atoms with E-state index in [0.717, 1.165) is 38.8 Å². The third kappa shape index (κ3) is 5.73. The van der Waals surface area contributed by atoms with Gasteiger partial charge < -0.3 is 14.0 Å². The Morgan fingerprint density at radius 1 is 1.06 bits per heavy atom. The van der Waals surface area contributed by atoms with E-state index in [0.29, 0.717) is 24.2 Å². The molecule has 11 heteroatoms. The standard InChI is InChI=1S/C24H27F3N6O2/c1-31-16-29-23-20(15-28)30-19(14-21(23)31)17-3-4-22(18(13-17)24(25,26)27)35-12-10-33-7-5-32(6-8-33)9-11-34-2/h3-4,13-14,16H,5-12H2,1-2H3. The van der Waals surface area contributed by atoms with Gasteiger partial charge in [-0.25, -0.2) is 9.97 Å². The SMILES string of the molecule is COCCN1CCN(CCOc2ccc(-c3cc4c(ncn4C)c(C#N)n3)cc2C(F)(F)F)CC1. The zero-order valence-electron chi connectivity index (χ0n) is 19.7. The van der Waals surface area contributed by atoms with Crippen molar-refractivity contribution in [3.63, 3.8) is 0 Å². The molecule has 0 spiro atoms. The van der Waals surface area contributed by atoms with E-state index < -0.39 is 11.7 Å². The van der Waals surface area contributed by atoms with Gasteiger partial charge in [0, 0.05) is 59.0 Å². The van der Waals surface area contributed by atoms with Crippen LogP contribution in [0.2, 0.25) is 0 Å². The molecule has 0 saturated carbocycles. The number of hydrogen-bond donors (Lipinski definition) is 0. The lowest BCUT2D eigenvalue weighted by Crippen LogP contribution is -2.48. The molecule has 1 fully saturated rings. The zero-order chi connectivity index (χ0) is 25.0. The van der Waals surface area contributed by atoms with Crippen molar-refractivity contribution in [2.75, 3.05) is 59.6 Å². The highest BCUT2D eigenvalue weighted by molar-refractivity contribution is 5.84. The zero-order valence-corrected chi connectivity index (χ0v) is 19.7. The molecule has 0 unspecified atom stereocenters. The molecule has 186 valence electrons. The van der Waals surface area contributed by atoms with Gasteiger partial charge in [-0.05, 0) is 24.3 Å². The number of fused-ring (bicyclic) bond motifs is 1. The Bertz CT molecular complexity index is 1210. The molecule has 1 saturated heterocycles. The summed E-state index contributed by atoms with van der Waals surface area (Å²) >= 11 is 0. The normalized spacial score (nSPS) is 15.4. The van der Waals surface area contributed by atoms with Crippen molar-refractivity contribution in [3.8, 4) is 23.1 Å². The Morgan fingerprint density at radius 2 is 1.74 bits per heavy atom. The first-order valence-corrected chi connectivity index (χ1v) is 11.3. The van der Waals surface area contributed by atoms with Crippen LogP contribution < -0.4 is 4.74 Å². The molecular weight excluding hydrogens is 461 g/mol. The molecule has 8 nitrogen and oxygen atoms in total. The first-order valence-electron chi connectivity index (χ1n) is 11.3. The maximum Gasteiger partial charge on any atom is 0.419 e. The van der Waals surface area contributed by atoms with Crippen LogP contribution in [0, 0.1) is 11.3 Å². The van der Waals surface area contributed by atoms with Gasteiger partial charge in [-0.15, -0.1) is 0 Å². The number of nitrogens with zero attached hydrogens (tertiary/aromatic N) is 6. The number of hydrogen-bond acceptors (Lipinski definition) is 7. The van der Waals surface area contributed by atoms with Gasteiger partial charge in [-0.2, -0.15) is 18.4 Å². The van der Waals surface area contributed by atoms with Crippen LogP contribution >= 0.6 is 0 Å². The predicted molar refractivity (Wildman–Crippen MR) is 124 cm³/mol. The van der Waals surface area contributed by atoms with Gasteiger partial charge in [-0.1, -0.05) is 0 Å². The number of aromatic nitrogens is 3. The molecule has 0 amide bonds. The lowest BCUT2D eigenvalue weighted by atomic mass is 10.1. The van der Waals surface area contributed by atoms with Crippen molar-refractivity contribution in [3.05, 3.63) is 41.9 Å². The van der Waals surface area contributed by atoms with E-state index >= 15 is 0 Å². The molecule has 3 heterocycles. The Hall–Kier alpha value is -3.20. The summed E-state index contributed by atoms with van der Waals surface area (Å²) in [5, 5.41) is 9.43. The molecule has 2 aromatic heterocycles. The van der Waals surface area contributed by atoms with Gasteiger partial charge in [-0.3, -0.25) is 9.80 Å². The summed E-state index contributed by atoms with van der Waals surface area (Å²) < 4.78 is 54.1. The first kappa shape index (κ1) is 24.9. The number of methoxy groups -OCH3 is 1. The van der Waals surface area contributed by atoms with Gasteiger partial charge >= 0.3 is 6.18 Å². The number of ether oxygens (including phenoxy) is 2. The highest BCUT2D eigenvalue weighted by atomic mass is 19.4. The van der Waals surface area contributed by atoms with Crippen molar-refractivity contribution < 1.29 is 22.6 Å². The molecule has 3 aromatic rings. The molecule has 1 aromatic carbocycles. The van der Waals surface area contributed by atoms with E-state index in [2.05, 4.69) is 19.8 Å². The summed E-state index contributed by atoms with van der Waals surface area (Å²) in [5.74, 6) is -0.220. The van der Waals surface area contributed by atoms with Crippen LogP contribution in [0.5, 0.6) is 5.75 Å². The Labute approximate surface area is 201 Å². The number of aryl methyl sites for hydroxylation is 1. The molecule has 1 aliphatic heterocycles. The Kier molecular flexibility index (Phi) is 7.54. The minimum atomic E-state index is -4.60. The second-order valence-electron chi connectivity index (χ2n) is 8.42. The number of halogens is 3. The highest BCUT2D eigenvalue weighted by Gasteiger charge is 2.35.